The zero-order chi connectivity index (χ0) is 16.1. The molecule has 1 N–H and O–H groups in total. The summed E-state index contributed by atoms with van der Waals surface area (Å²) in [7, 11) is 0. The number of hydrogen-bond donors (Lipinski definition) is 1. The molecule has 0 aromatic rings. The fourth-order valence-electron chi connectivity index (χ4n) is 6.67. The van der Waals surface area contributed by atoms with Crippen LogP contribution >= 0.6 is 0 Å². The van der Waals surface area contributed by atoms with E-state index in [4.69, 9.17) is 0 Å². The van der Waals surface area contributed by atoms with Crippen molar-refractivity contribution < 1.29 is 5.11 Å². The highest BCUT2D eigenvalue weighted by molar-refractivity contribution is 5.37. The van der Waals surface area contributed by atoms with Crippen LogP contribution in [-0.2, 0) is 0 Å². The van der Waals surface area contributed by atoms with Gasteiger partial charge in [0.05, 0.1) is 0 Å². The Hall–Kier alpha value is -1.00. The largest absolute Gasteiger partial charge is 0.373 e. The highest BCUT2D eigenvalue weighted by Gasteiger charge is 2.61. The van der Waals surface area contributed by atoms with Crippen molar-refractivity contribution in [2.24, 2.45) is 29.1 Å². The van der Waals surface area contributed by atoms with Gasteiger partial charge in [-0.05, 0) is 88.0 Å². The molecule has 6 atom stereocenters. The predicted octanol–water partition coefficient (Wildman–Crippen LogP) is 4.87. The average Bonchev–Trinajstić information content (AvgIpc) is 2.88. The van der Waals surface area contributed by atoms with Gasteiger partial charge >= 0.3 is 0 Å². The van der Waals surface area contributed by atoms with Crippen LogP contribution in [0.25, 0.3) is 0 Å². The maximum Gasteiger partial charge on any atom is 0.150 e. The molecule has 23 heavy (non-hydrogen) atoms. The van der Waals surface area contributed by atoms with E-state index in [9.17, 15) is 5.11 Å². The van der Waals surface area contributed by atoms with Crippen molar-refractivity contribution in [1.29, 1.82) is 0 Å². The molecule has 4 aliphatic rings. The number of fused-ring (bicyclic) bond motifs is 5. The molecule has 1 heteroatoms. The van der Waals surface area contributed by atoms with Crippen LogP contribution in [0.1, 0.15) is 65.2 Å². The van der Waals surface area contributed by atoms with Gasteiger partial charge in [-0.25, -0.2) is 0 Å². The van der Waals surface area contributed by atoms with Crippen molar-refractivity contribution in [3.05, 3.63) is 23.8 Å². The van der Waals surface area contributed by atoms with Gasteiger partial charge in [0.15, 0.2) is 0 Å². The van der Waals surface area contributed by atoms with E-state index in [1.54, 1.807) is 5.57 Å². The summed E-state index contributed by atoms with van der Waals surface area (Å²) >= 11 is 0. The number of hydrogen-bond acceptors (Lipinski definition) is 1. The van der Waals surface area contributed by atoms with Gasteiger partial charge in [0.1, 0.15) is 5.60 Å². The lowest BCUT2D eigenvalue weighted by molar-refractivity contribution is -0.0877. The lowest BCUT2D eigenvalue weighted by Gasteiger charge is -2.56. The Morgan fingerprint density at radius 3 is 2.91 bits per heavy atom. The molecule has 4 rings (SSSR count). The first kappa shape index (κ1) is 15.5. The molecule has 0 spiro atoms. The van der Waals surface area contributed by atoms with Crippen LogP contribution < -0.4 is 0 Å². The standard InChI is InChI=1S/C22H30O/c1-3-13-22(23)15-12-20-19-10-9-16-7-5-6-8-17(16)18(19)11-14-21(20,22)4-2/h7,12,15,17-20,23H,4-6,8-11,14H2,1-2H3/t17-,18+,19+,20-,21-,22-/m0/s1. The normalized spacial score (nSPS) is 47.7. The molecule has 4 aliphatic carbocycles. The summed E-state index contributed by atoms with van der Waals surface area (Å²) in [6.45, 7) is 4.12. The second-order valence-corrected chi connectivity index (χ2v) is 8.26. The number of aliphatic hydroxyl groups is 1. The first-order chi connectivity index (χ1) is 11.1. The van der Waals surface area contributed by atoms with Gasteiger partial charge in [-0.1, -0.05) is 30.6 Å². The van der Waals surface area contributed by atoms with E-state index in [1.165, 1.54) is 38.5 Å². The van der Waals surface area contributed by atoms with E-state index in [0.29, 0.717) is 5.92 Å². The van der Waals surface area contributed by atoms with E-state index in [-0.39, 0.29) is 5.41 Å². The highest BCUT2D eigenvalue weighted by Crippen LogP contribution is 2.63. The number of allylic oxidation sites excluding steroid dienone is 3. The van der Waals surface area contributed by atoms with E-state index < -0.39 is 5.60 Å². The third-order valence-corrected chi connectivity index (χ3v) is 7.71. The first-order valence-corrected chi connectivity index (χ1v) is 9.70. The summed E-state index contributed by atoms with van der Waals surface area (Å²) in [6.07, 6.45) is 17.1. The van der Waals surface area contributed by atoms with E-state index in [0.717, 1.165) is 30.6 Å². The second-order valence-electron chi connectivity index (χ2n) is 8.26. The maximum atomic E-state index is 11.3. The van der Waals surface area contributed by atoms with Crippen LogP contribution in [0.3, 0.4) is 0 Å². The first-order valence-electron chi connectivity index (χ1n) is 9.70. The van der Waals surface area contributed by atoms with Crippen molar-refractivity contribution in [3.8, 4) is 11.8 Å². The van der Waals surface area contributed by atoms with Crippen LogP contribution in [0, 0.1) is 40.9 Å². The van der Waals surface area contributed by atoms with Crippen LogP contribution in [-0.4, -0.2) is 10.7 Å². The highest BCUT2D eigenvalue weighted by atomic mass is 16.3. The van der Waals surface area contributed by atoms with Gasteiger partial charge in [0.2, 0.25) is 0 Å². The van der Waals surface area contributed by atoms with E-state index >= 15 is 0 Å². The molecule has 1 nitrogen and oxygen atoms in total. The van der Waals surface area contributed by atoms with Crippen LogP contribution in [0.2, 0.25) is 0 Å². The summed E-state index contributed by atoms with van der Waals surface area (Å²) in [6, 6.07) is 0. The molecule has 0 radical (unpaired) electrons. The second kappa shape index (κ2) is 5.52. The van der Waals surface area contributed by atoms with E-state index in [2.05, 4.69) is 30.9 Å². The molecule has 124 valence electrons. The minimum absolute atomic E-state index is 0.0347. The van der Waals surface area contributed by atoms with Gasteiger partial charge in [-0.15, -0.1) is 5.92 Å². The molecular weight excluding hydrogens is 280 g/mol. The Morgan fingerprint density at radius 2 is 2.13 bits per heavy atom. The van der Waals surface area contributed by atoms with Gasteiger partial charge < -0.3 is 5.11 Å². The molecule has 0 aromatic heterocycles. The fraction of sp³-hybridized carbons (Fsp3) is 0.727. The molecule has 0 unspecified atom stereocenters. The lowest BCUT2D eigenvalue weighted by Crippen LogP contribution is -2.54. The Labute approximate surface area is 141 Å². The summed E-state index contributed by atoms with van der Waals surface area (Å²) in [4.78, 5) is 0. The summed E-state index contributed by atoms with van der Waals surface area (Å²) in [5.41, 5.74) is 0.842. The average molecular weight is 310 g/mol. The van der Waals surface area contributed by atoms with Gasteiger partial charge in [0.25, 0.3) is 0 Å². The van der Waals surface area contributed by atoms with Crippen LogP contribution in [0.5, 0.6) is 0 Å². The summed E-state index contributed by atoms with van der Waals surface area (Å²) in [5, 5.41) is 11.3. The molecule has 2 fully saturated rings. The molecule has 0 bridgehead atoms. The fourth-order valence-corrected chi connectivity index (χ4v) is 6.67. The Bertz CT molecular complexity index is 603. The van der Waals surface area contributed by atoms with Gasteiger partial charge in [-0.2, -0.15) is 0 Å². The van der Waals surface area contributed by atoms with Gasteiger partial charge in [0, 0.05) is 5.41 Å². The molecule has 0 saturated heterocycles. The van der Waals surface area contributed by atoms with Crippen molar-refractivity contribution in [2.75, 3.05) is 0 Å². The lowest BCUT2D eigenvalue weighted by atomic mass is 9.49. The third kappa shape index (κ3) is 2.04. The summed E-state index contributed by atoms with van der Waals surface area (Å²) < 4.78 is 0. The quantitative estimate of drug-likeness (QED) is 0.541. The maximum absolute atomic E-state index is 11.3. The van der Waals surface area contributed by atoms with Crippen molar-refractivity contribution in [3.63, 3.8) is 0 Å². The van der Waals surface area contributed by atoms with Crippen LogP contribution in [0.4, 0.5) is 0 Å². The zero-order valence-corrected chi connectivity index (χ0v) is 14.6. The monoisotopic (exact) mass is 310 g/mol. The van der Waals surface area contributed by atoms with Crippen LogP contribution in [0.15, 0.2) is 23.8 Å². The number of rotatable bonds is 1. The Morgan fingerprint density at radius 1 is 1.26 bits per heavy atom. The topological polar surface area (TPSA) is 20.2 Å². The minimum Gasteiger partial charge on any atom is -0.373 e. The summed E-state index contributed by atoms with van der Waals surface area (Å²) in [5.74, 6) is 9.15. The molecule has 0 aromatic carbocycles. The zero-order valence-electron chi connectivity index (χ0n) is 14.6. The SMILES string of the molecule is CC#C[C@]1(O)C=C[C@H]2[C@@H]3CCC4=CCCC[C@@H]4[C@H]3CC[C@@]21CC. The van der Waals surface area contributed by atoms with E-state index in [1.807, 2.05) is 13.0 Å². The third-order valence-electron chi connectivity index (χ3n) is 7.71. The minimum atomic E-state index is -0.894. The van der Waals surface area contributed by atoms with Crippen molar-refractivity contribution in [1.82, 2.24) is 0 Å². The molecule has 0 amide bonds. The smallest absolute Gasteiger partial charge is 0.150 e. The Kier molecular flexibility index (Phi) is 3.73. The predicted molar refractivity (Wildman–Crippen MR) is 94.6 cm³/mol. The molecule has 0 heterocycles. The van der Waals surface area contributed by atoms with Crippen molar-refractivity contribution in [2.45, 2.75) is 70.8 Å². The molecule has 0 aliphatic heterocycles. The molecule has 2 saturated carbocycles. The van der Waals surface area contributed by atoms with Gasteiger partial charge in [-0.3, -0.25) is 0 Å². The Balaban J connectivity index is 1.69. The van der Waals surface area contributed by atoms with Crippen molar-refractivity contribution >= 4 is 0 Å². The molecular formula is C22H30O.